The number of anilines is 2. The molecular formula is C22H22N2O4S. The predicted octanol–water partition coefficient (Wildman–Crippen LogP) is 4.12. The van der Waals surface area contributed by atoms with E-state index in [0.29, 0.717) is 22.7 Å². The maximum atomic E-state index is 12.6. The fourth-order valence-corrected chi connectivity index (χ4v) is 3.79. The maximum absolute atomic E-state index is 12.6. The molecule has 0 radical (unpaired) electrons. The molecule has 0 fully saturated rings. The number of hydrogen-bond acceptors (Lipinski definition) is 4. The molecular weight excluding hydrogens is 388 g/mol. The highest BCUT2D eigenvalue weighted by atomic mass is 32.2. The topological polar surface area (TPSA) is 84.5 Å². The van der Waals surface area contributed by atoms with Gasteiger partial charge in [0.2, 0.25) is 0 Å². The van der Waals surface area contributed by atoms with Crippen LogP contribution >= 0.6 is 0 Å². The second kappa shape index (κ2) is 8.79. The third kappa shape index (κ3) is 5.58. The van der Waals surface area contributed by atoms with Gasteiger partial charge in [0.05, 0.1) is 4.90 Å². The molecule has 3 aromatic carbocycles. The molecule has 0 heterocycles. The average molecular weight is 410 g/mol. The van der Waals surface area contributed by atoms with Crippen LogP contribution in [0, 0.1) is 13.8 Å². The van der Waals surface area contributed by atoms with Crippen molar-refractivity contribution in [2.45, 2.75) is 18.7 Å². The van der Waals surface area contributed by atoms with Crippen LogP contribution in [0.15, 0.2) is 77.7 Å². The molecule has 0 aliphatic carbocycles. The molecule has 0 atom stereocenters. The molecule has 0 spiro atoms. The third-order valence-corrected chi connectivity index (χ3v) is 5.56. The first-order valence-corrected chi connectivity index (χ1v) is 10.5. The SMILES string of the molecule is Cc1ccc(NS(=O)(=O)c2ccc(OCC(=O)Nc3ccccc3)c(C)c2)cc1. The van der Waals surface area contributed by atoms with E-state index in [1.54, 1.807) is 37.3 Å². The zero-order chi connectivity index (χ0) is 20.9. The second-order valence-electron chi connectivity index (χ2n) is 6.60. The minimum absolute atomic E-state index is 0.122. The molecule has 0 unspecified atom stereocenters. The van der Waals surface area contributed by atoms with Crippen molar-refractivity contribution in [2.24, 2.45) is 0 Å². The largest absolute Gasteiger partial charge is 0.483 e. The van der Waals surface area contributed by atoms with Crippen LogP contribution in [-0.4, -0.2) is 20.9 Å². The Morgan fingerprint density at radius 2 is 1.59 bits per heavy atom. The lowest BCUT2D eigenvalue weighted by molar-refractivity contribution is -0.118. The number of rotatable bonds is 7. The first-order chi connectivity index (χ1) is 13.8. The number of amides is 1. The zero-order valence-electron chi connectivity index (χ0n) is 16.2. The molecule has 3 aromatic rings. The van der Waals surface area contributed by atoms with Gasteiger partial charge in [-0.05, 0) is 61.9 Å². The Hall–Kier alpha value is -3.32. The van der Waals surface area contributed by atoms with Crippen LogP contribution in [0.2, 0.25) is 0 Å². The van der Waals surface area contributed by atoms with Gasteiger partial charge in [0.1, 0.15) is 5.75 Å². The molecule has 6 nitrogen and oxygen atoms in total. The number of nitrogens with one attached hydrogen (secondary N) is 2. The molecule has 0 aliphatic heterocycles. The van der Waals surface area contributed by atoms with E-state index in [2.05, 4.69) is 10.0 Å². The molecule has 0 bridgehead atoms. The summed E-state index contributed by atoms with van der Waals surface area (Å²) in [7, 11) is -3.72. The molecule has 1 amide bonds. The Kier molecular flexibility index (Phi) is 6.19. The number of carbonyl (C=O) groups is 1. The Labute approximate surface area is 170 Å². The van der Waals surface area contributed by atoms with Crippen molar-refractivity contribution in [3.8, 4) is 5.75 Å². The summed E-state index contributed by atoms with van der Waals surface area (Å²) < 4.78 is 33.3. The molecule has 7 heteroatoms. The Morgan fingerprint density at radius 1 is 0.897 bits per heavy atom. The smallest absolute Gasteiger partial charge is 0.262 e. The van der Waals surface area contributed by atoms with Gasteiger partial charge >= 0.3 is 0 Å². The molecule has 0 aliphatic rings. The Bertz CT molecular complexity index is 1100. The summed E-state index contributed by atoms with van der Waals surface area (Å²) in [5.74, 6) is 0.149. The monoisotopic (exact) mass is 410 g/mol. The van der Waals surface area contributed by atoms with Crippen molar-refractivity contribution in [3.63, 3.8) is 0 Å². The zero-order valence-corrected chi connectivity index (χ0v) is 17.0. The Morgan fingerprint density at radius 3 is 2.24 bits per heavy atom. The summed E-state index contributed by atoms with van der Waals surface area (Å²) in [5.41, 5.74) is 2.83. The van der Waals surface area contributed by atoms with Gasteiger partial charge in [-0.15, -0.1) is 0 Å². The van der Waals surface area contributed by atoms with Gasteiger partial charge in [0, 0.05) is 11.4 Å². The van der Waals surface area contributed by atoms with Gasteiger partial charge in [-0.25, -0.2) is 8.42 Å². The predicted molar refractivity (Wildman–Crippen MR) is 114 cm³/mol. The number of sulfonamides is 1. The number of carbonyl (C=O) groups excluding carboxylic acids is 1. The molecule has 3 rings (SSSR count). The first-order valence-electron chi connectivity index (χ1n) is 9.01. The van der Waals surface area contributed by atoms with Gasteiger partial charge in [-0.2, -0.15) is 0 Å². The van der Waals surface area contributed by atoms with Crippen LogP contribution < -0.4 is 14.8 Å². The average Bonchev–Trinajstić information content (AvgIpc) is 2.69. The van der Waals surface area contributed by atoms with E-state index in [1.807, 2.05) is 37.3 Å². The standard InChI is InChI=1S/C22H22N2O4S/c1-16-8-10-19(11-9-16)24-29(26,27)20-12-13-21(17(2)14-20)28-15-22(25)23-18-6-4-3-5-7-18/h3-14,24H,15H2,1-2H3,(H,23,25). The maximum Gasteiger partial charge on any atom is 0.262 e. The van der Waals surface area contributed by atoms with E-state index in [1.165, 1.54) is 12.1 Å². The molecule has 2 N–H and O–H groups in total. The lowest BCUT2D eigenvalue weighted by Crippen LogP contribution is -2.20. The van der Waals surface area contributed by atoms with Crippen LogP contribution in [0.5, 0.6) is 5.75 Å². The fraction of sp³-hybridized carbons (Fsp3) is 0.136. The highest BCUT2D eigenvalue weighted by Gasteiger charge is 2.16. The number of hydrogen-bond donors (Lipinski definition) is 2. The van der Waals surface area contributed by atoms with Crippen LogP contribution in [0.25, 0.3) is 0 Å². The van der Waals surface area contributed by atoms with Crippen LogP contribution in [0.3, 0.4) is 0 Å². The quantitative estimate of drug-likeness (QED) is 0.614. The van der Waals surface area contributed by atoms with Crippen LogP contribution in [0.1, 0.15) is 11.1 Å². The van der Waals surface area contributed by atoms with Crippen molar-refractivity contribution in [2.75, 3.05) is 16.6 Å². The van der Waals surface area contributed by atoms with Crippen LogP contribution in [0.4, 0.5) is 11.4 Å². The van der Waals surface area contributed by atoms with Gasteiger partial charge < -0.3 is 10.1 Å². The van der Waals surface area contributed by atoms with E-state index in [-0.39, 0.29) is 17.4 Å². The summed E-state index contributed by atoms with van der Waals surface area (Å²) in [5, 5.41) is 2.73. The van der Waals surface area contributed by atoms with Crippen molar-refractivity contribution in [1.29, 1.82) is 0 Å². The number of benzene rings is 3. The number of para-hydroxylation sites is 1. The Balaban J connectivity index is 1.64. The summed E-state index contributed by atoms with van der Waals surface area (Å²) in [6, 6.07) is 20.7. The van der Waals surface area contributed by atoms with Gasteiger partial charge in [0.25, 0.3) is 15.9 Å². The van der Waals surface area contributed by atoms with E-state index < -0.39 is 10.0 Å². The minimum atomic E-state index is -3.72. The highest BCUT2D eigenvalue weighted by molar-refractivity contribution is 7.92. The second-order valence-corrected chi connectivity index (χ2v) is 8.28. The summed E-state index contributed by atoms with van der Waals surface area (Å²) in [4.78, 5) is 12.1. The van der Waals surface area contributed by atoms with Crippen molar-refractivity contribution >= 4 is 27.3 Å². The van der Waals surface area contributed by atoms with Gasteiger partial charge in [0.15, 0.2) is 6.61 Å². The number of aryl methyl sites for hydroxylation is 2. The first kappa shape index (κ1) is 20.4. The lowest BCUT2D eigenvalue weighted by Gasteiger charge is -2.12. The van der Waals surface area contributed by atoms with E-state index >= 15 is 0 Å². The van der Waals surface area contributed by atoms with Gasteiger partial charge in [-0.1, -0.05) is 35.9 Å². The summed E-state index contributed by atoms with van der Waals surface area (Å²) in [6.07, 6.45) is 0. The molecule has 0 aromatic heterocycles. The molecule has 0 saturated heterocycles. The summed E-state index contributed by atoms with van der Waals surface area (Å²) >= 11 is 0. The van der Waals surface area contributed by atoms with E-state index in [4.69, 9.17) is 4.74 Å². The molecule has 150 valence electrons. The van der Waals surface area contributed by atoms with Crippen molar-refractivity contribution in [1.82, 2.24) is 0 Å². The van der Waals surface area contributed by atoms with E-state index in [0.717, 1.165) is 5.56 Å². The normalized spacial score (nSPS) is 11.0. The van der Waals surface area contributed by atoms with E-state index in [9.17, 15) is 13.2 Å². The lowest BCUT2D eigenvalue weighted by atomic mass is 10.2. The summed E-state index contributed by atoms with van der Waals surface area (Å²) in [6.45, 7) is 3.49. The third-order valence-electron chi connectivity index (χ3n) is 4.18. The van der Waals surface area contributed by atoms with Crippen molar-refractivity contribution < 1.29 is 17.9 Å². The van der Waals surface area contributed by atoms with Gasteiger partial charge in [-0.3, -0.25) is 9.52 Å². The minimum Gasteiger partial charge on any atom is -0.483 e. The van der Waals surface area contributed by atoms with Crippen molar-refractivity contribution in [3.05, 3.63) is 83.9 Å². The molecule has 29 heavy (non-hydrogen) atoms. The fourth-order valence-electron chi connectivity index (χ4n) is 2.65. The molecule has 0 saturated carbocycles. The number of ether oxygens (including phenoxy) is 1. The highest BCUT2D eigenvalue weighted by Crippen LogP contribution is 2.24. The van der Waals surface area contributed by atoms with Crippen LogP contribution in [-0.2, 0) is 14.8 Å².